The molecule has 1 aliphatic rings. The predicted molar refractivity (Wildman–Crippen MR) is 75.6 cm³/mol. The van der Waals surface area contributed by atoms with Crippen LogP contribution in [-0.4, -0.2) is 40.0 Å². The second-order valence-corrected chi connectivity index (χ2v) is 5.90. The van der Waals surface area contributed by atoms with Gasteiger partial charge in [-0.3, -0.25) is 9.59 Å². The maximum absolute atomic E-state index is 11.9. The van der Waals surface area contributed by atoms with Crippen molar-refractivity contribution in [2.45, 2.75) is 39.3 Å². The van der Waals surface area contributed by atoms with Crippen LogP contribution < -0.4 is 16.0 Å². The van der Waals surface area contributed by atoms with Crippen LogP contribution in [0.25, 0.3) is 0 Å². The normalized spacial score (nSPS) is 14.2. The summed E-state index contributed by atoms with van der Waals surface area (Å²) in [5.41, 5.74) is 0.0251. The molecule has 20 heavy (non-hydrogen) atoms. The summed E-state index contributed by atoms with van der Waals surface area (Å²) in [6.45, 7) is 7.34. The van der Waals surface area contributed by atoms with Crippen LogP contribution >= 0.6 is 0 Å². The van der Waals surface area contributed by atoms with Crippen molar-refractivity contribution in [3.05, 3.63) is 11.9 Å². The van der Waals surface area contributed by atoms with E-state index in [-0.39, 0.29) is 23.9 Å². The summed E-state index contributed by atoms with van der Waals surface area (Å²) in [6, 6.07) is 0. The van der Waals surface area contributed by atoms with Gasteiger partial charge in [0.25, 0.3) is 5.91 Å². The average molecular weight is 279 g/mol. The zero-order chi connectivity index (χ0) is 14.8. The number of aromatic nitrogens is 2. The molecule has 2 amide bonds. The highest BCUT2D eigenvalue weighted by Gasteiger charge is 2.18. The molecule has 0 spiro atoms. The van der Waals surface area contributed by atoms with E-state index in [1.54, 1.807) is 6.20 Å². The maximum atomic E-state index is 11.9. The summed E-state index contributed by atoms with van der Waals surface area (Å²) in [5, 5.41) is 8.49. The molecule has 1 aliphatic heterocycles. The number of anilines is 1. The molecule has 1 aromatic heterocycles. The topological polar surface area (TPSA) is 88.1 Å². The molecule has 0 aliphatic carbocycles. The molecule has 0 radical (unpaired) electrons. The fraction of sp³-hybridized carbons (Fsp3) is 0.615. The Morgan fingerprint density at radius 2 is 2.20 bits per heavy atom. The Bertz CT molecular complexity index is 492. The fourth-order valence-corrected chi connectivity index (χ4v) is 2.00. The Balaban J connectivity index is 1.89. The Kier molecular flexibility index (Phi) is 3.96. The average Bonchev–Trinajstić information content (AvgIpc) is 2.77. The van der Waals surface area contributed by atoms with Crippen LogP contribution in [0, 0.1) is 0 Å². The Labute approximate surface area is 118 Å². The first-order chi connectivity index (χ1) is 9.35. The molecule has 0 bridgehead atoms. The van der Waals surface area contributed by atoms with E-state index in [1.807, 2.05) is 25.3 Å². The molecule has 0 unspecified atom stereocenters. The monoisotopic (exact) mass is 279 g/mol. The molecule has 0 aromatic carbocycles. The van der Waals surface area contributed by atoms with E-state index in [0.717, 1.165) is 19.5 Å². The highest BCUT2D eigenvalue weighted by Crippen LogP contribution is 2.13. The van der Waals surface area contributed by atoms with Crippen LogP contribution in [0.4, 0.5) is 5.95 Å². The van der Waals surface area contributed by atoms with Gasteiger partial charge in [0.1, 0.15) is 5.69 Å². The van der Waals surface area contributed by atoms with E-state index < -0.39 is 0 Å². The number of imidazole rings is 1. The van der Waals surface area contributed by atoms with Gasteiger partial charge >= 0.3 is 0 Å². The van der Waals surface area contributed by atoms with Crippen molar-refractivity contribution in [3.63, 3.8) is 0 Å². The predicted octanol–water partition coefficient (Wildman–Crippen LogP) is 0.343. The van der Waals surface area contributed by atoms with Crippen LogP contribution in [0.1, 0.15) is 37.7 Å². The van der Waals surface area contributed by atoms with Gasteiger partial charge in [-0.05, 0) is 27.2 Å². The van der Waals surface area contributed by atoms with Crippen LogP contribution in [0.5, 0.6) is 0 Å². The van der Waals surface area contributed by atoms with Crippen molar-refractivity contribution in [3.8, 4) is 0 Å². The maximum Gasteiger partial charge on any atom is 0.271 e. The van der Waals surface area contributed by atoms with Gasteiger partial charge in [0, 0.05) is 24.8 Å². The zero-order valence-electron chi connectivity index (χ0n) is 12.1. The summed E-state index contributed by atoms with van der Waals surface area (Å²) in [7, 11) is 0. The van der Waals surface area contributed by atoms with E-state index in [2.05, 4.69) is 20.9 Å². The van der Waals surface area contributed by atoms with Gasteiger partial charge in [0.2, 0.25) is 11.9 Å². The Morgan fingerprint density at radius 1 is 1.45 bits per heavy atom. The number of hydrogen-bond donors (Lipinski definition) is 3. The SMILES string of the molecule is CC(C)(C)NC(=O)CNC(=O)c1cn2c(n1)NCCC2. The molecule has 0 atom stereocenters. The number of rotatable bonds is 3. The van der Waals surface area contributed by atoms with Gasteiger partial charge in [0.15, 0.2) is 0 Å². The van der Waals surface area contributed by atoms with Crippen LogP contribution in [0.2, 0.25) is 0 Å². The minimum Gasteiger partial charge on any atom is -0.356 e. The number of carbonyl (C=O) groups excluding carboxylic acids is 2. The van der Waals surface area contributed by atoms with Crippen molar-refractivity contribution >= 4 is 17.8 Å². The molecule has 3 N–H and O–H groups in total. The molecular formula is C13H21N5O2. The number of nitrogens with one attached hydrogen (secondary N) is 3. The third-order valence-corrected chi connectivity index (χ3v) is 2.79. The molecule has 1 aromatic rings. The lowest BCUT2D eigenvalue weighted by molar-refractivity contribution is -0.121. The lowest BCUT2D eigenvalue weighted by Crippen LogP contribution is -2.45. The van der Waals surface area contributed by atoms with Gasteiger partial charge in [0.05, 0.1) is 6.54 Å². The summed E-state index contributed by atoms with van der Waals surface area (Å²) >= 11 is 0. The standard InChI is InChI=1S/C13H21N5O2/c1-13(2,3)17-10(19)7-15-11(20)9-8-18-6-4-5-14-12(18)16-9/h8H,4-7H2,1-3H3,(H,14,16)(H,15,20)(H,17,19). The van der Waals surface area contributed by atoms with Gasteiger partial charge in [-0.1, -0.05) is 0 Å². The molecule has 7 nitrogen and oxygen atoms in total. The molecule has 0 saturated heterocycles. The van der Waals surface area contributed by atoms with Crippen LogP contribution in [-0.2, 0) is 11.3 Å². The van der Waals surface area contributed by atoms with Gasteiger partial charge in [-0.2, -0.15) is 0 Å². The third kappa shape index (κ3) is 3.72. The Morgan fingerprint density at radius 3 is 2.85 bits per heavy atom. The highest BCUT2D eigenvalue weighted by atomic mass is 16.2. The molecule has 0 fully saturated rings. The second kappa shape index (κ2) is 5.52. The van der Waals surface area contributed by atoms with Crippen LogP contribution in [0.15, 0.2) is 6.20 Å². The number of aryl methyl sites for hydroxylation is 1. The van der Waals surface area contributed by atoms with Crippen molar-refractivity contribution in [1.82, 2.24) is 20.2 Å². The van der Waals surface area contributed by atoms with Crippen molar-refractivity contribution in [2.75, 3.05) is 18.4 Å². The summed E-state index contributed by atoms with van der Waals surface area (Å²) in [5.74, 6) is 0.159. The lowest BCUT2D eigenvalue weighted by Gasteiger charge is -2.20. The minimum atomic E-state index is -0.335. The first-order valence-electron chi connectivity index (χ1n) is 6.75. The van der Waals surface area contributed by atoms with E-state index in [9.17, 15) is 9.59 Å². The van der Waals surface area contributed by atoms with Crippen molar-refractivity contribution < 1.29 is 9.59 Å². The highest BCUT2D eigenvalue weighted by molar-refractivity contribution is 5.95. The van der Waals surface area contributed by atoms with Gasteiger partial charge < -0.3 is 20.5 Å². The van der Waals surface area contributed by atoms with E-state index >= 15 is 0 Å². The second-order valence-electron chi connectivity index (χ2n) is 5.90. The number of nitrogens with zero attached hydrogens (tertiary/aromatic N) is 2. The summed E-state index contributed by atoms with van der Waals surface area (Å²) in [6.07, 6.45) is 2.72. The molecule has 7 heteroatoms. The van der Waals surface area contributed by atoms with E-state index in [4.69, 9.17) is 0 Å². The minimum absolute atomic E-state index is 0.0499. The number of carbonyl (C=O) groups is 2. The number of fused-ring (bicyclic) bond motifs is 1. The van der Waals surface area contributed by atoms with Gasteiger partial charge in [-0.25, -0.2) is 4.98 Å². The number of hydrogen-bond acceptors (Lipinski definition) is 4. The zero-order valence-corrected chi connectivity index (χ0v) is 12.1. The summed E-state index contributed by atoms with van der Waals surface area (Å²) < 4.78 is 1.91. The largest absolute Gasteiger partial charge is 0.356 e. The summed E-state index contributed by atoms with van der Waals surface area (Å²) in [4.78, 5) is 27.8. The van der Waals surface area contributed by atoms with Crippen molar-refractivity contribution in [1.29, 1.82) is 0 Å². The Hall–Kier alpha value is -2.05. The number of amides is 2. The van der Waals surface area contributed by atoms with E-state index in [0.29, 0.717) is 11.6 Å². The molecule has 2 rings (SSSR count). The smallest absolute Gasteiger partial charge is 0.271 e. The fourth-order valence-electron chi connectivity index (χ4n) is 2.00. The first kappa shape index (κ1) is 14.4. The quantitative estimate of drug-likeness (QED) is 0.744. The van der Waals surface area contributed by atoms with Crippen molar-refractivity contribution in [2.24, 2.45) is 0 Å². The lowest BCUT2D eigenvalue weighted by atomic mass is 10.1. The molecule has 0 saturated carbocycles. The molecule has 2 heterocycles. The van der Waals surface area contributed by atoms with E-state index in [1.165, 1.54) is 0 Å². The molecule has 110 valence electrons. The molecular weight excluding hydrogens is 258 g/mol. The first-order valence-corrected chi connectivity index (χ1v) is 6.75. The van der Waals surface area contributed by atoms with Gasteiger partial charge in [-0.15, -0.1) is 0 Å². The third-order valence-electron chi connectivity index (χ3n) is 2.79. The van der Waals surface area contributed by atoms with Crippen LogP contribution in [0.3, 0.4) is 0 Å².